The first kappa shape index (κ1) is 35.0. The largest absolute Gasteiger partial charge is 0.456 e. The molecule has 0 radical (unpaired) electrons. The molecule has 0 bridgehead atoms. The summed E-state index contributed by atoms with van der Waals surface area (Å²) in [7, 11) is 0. The Kier molecular flexibility index (Phi) is 8.11. The van der Waals surface area contributed by atoms with Gasteiger partial charge in [0.05, 0.1) is 5.41 Å². The Labute approximate surface area is 355 Å². The van der Waals surface area contributed by atoms with Crippen molar-refractivity contribution >= 4 is 49.8 Å². The van der Waals surface area contributed by atoms with E-state index < -0.39 is 5.41 Å². The average Bonchev–Trinajstić information content (AvgIpc) is 3.85. The van der Waals surface area contributed by atoms with Gasteiger partial charge in [-0.15, -0.1) is 0 Å². The second-order valence-corrected chi connectivity index (χ2v) is 16.0. The predicted molar refractivity (Wildman–Crippen MR) is 254 cm³/mol. The number of hydrogen-bond acceptors (Lipinski definition) is 2. The van der Waals surface area contributed by atoms with Crippen LogP contribution in [0.25, 0.3) is 66.1 Å². The van der Waals surface area contributed by atoms with Crippen LogP contribution in [0.3, 0.4) is 0 Å². The molecule has 12 rings (SSSR count). The van der Waals surface area contributed by atoms with Gasteiger partial charge in [-0.05, 0) is 121 Å². The van der Waals surface area contributed by atoms with Crippen LogP contribution in [-0.2, 0) is 5.41 Å². The van der Waals surface area contributed by atoms with Crippen LogP contribution in [-0.4, -0.2) is 0 Å². The molecule has 61 heavy (non-hydrogen) atoms. The maximum atomic E-state index is 6.35. The zero-order chi connectivity index (χ0) is 40.3. The van der Waals surface area contributed by atoms with Gasteiger partial charge in [0.1, 0.15) is 11.2 Å². The summed E-state index contributed by atoms with van der Waals surface area (Å²) in [6.45, 7) is 0. The third-order valence-electron chi connectivity index (χ3n) is 12.7. The maximum absolute atomic E-state index is 6.35. The van der Waals surface area contributed by atoms with Crippen LogP contribution < -0.4 is 4.90 Å². The fraction of sp³-hybridized carbons (Fsp3) is 0.0169. The zero-order valence-corrected chi connectivity index (χ0v) is 33.4. The van der Waals surface area contributed by atoms with Crippen molar-refractivity contribution in [2.24, 2.45) is 0 Å². The van der Waals surface area contributed by atoms with E-state index in [0.717, 1.165) is 44.6 Å². The molecule has 286 valence electrons. The van der Waals surface area contributed by atoms with Gasteiger partial charge in [-0.3, -0.25) is 0 Å². The topological polar surface area (TPSA) is 16.4 Å². The fourth-order valence-corrected chi connectivity index (χ4v) is 10.0. The lowest BCUT2D eigenvalue weighted by Crippen LogP contribution is -2.28. The molecule has 11 aromatic rings. The molecule has 1 aliphatic carbocycles. The normalized spacial score (nSPS) is 12.7. The third kappa shape index (κ3) is 5.57. The number of benzene rings is 10. The van der Waals surface area contributed by atoms with Gasteiger partial charge < -0.3 is 9.32 Å². The lowest BCUT2D eigenvalue weighted by Gasteiger charge is -2.35. The quantitative estimate of drug-likeness (QED) is 0.160. The number of furan rings is 1. The highest BCUT2D eigenvalue weighted by molar-refractivity contribution is 6.07. The fourth-order valence-electron chi connectivity index (χ4n) is 10.0. The molecule has 2 nitrogen and oxygen atoms in total. The first-order valence-corrected chi connectivity index (χ1v) is 21.0. The Morgan fingerprint density at radius 1 is 0.311 bits per heavy atom. The summed E-state index contributed by atoms with van der Waals surface area (Å²) in [6.07, 6.45) is 0. The van der Waals surface area contributed by atoms with Crippen molar-refractivity contribution in [2.75, 3.05) is 4.90 Å². The Morgan fingerprint density at radius 2 is 0.869 bits per heavy atom. The Balaban J connectivity index is 1.08. The first-order chi connectivity index (χ1) is 30.2. The molecule has 0 spiro atoms. The van der Waals surface area contributed by atoms with Gasteiger partial charge in [0.2, 0.25) is 0 Å². The van der Waals surface area contributed by atoms with Gasteiger partial charge >= 0.3 is 0 Å². The second kappa shape index (κ2) is 14.1. The van der Waals surface area contributed by atoms with Crippen LogP contribution in [0.4, 0.5) is 17.1 Å². The van der Waals surface area contributed by atoms with Gasteiger partial charge in [-0.2, -0.15) is 0 Å². The van der Waals surface area contributed by atoms with E-state index in [9.17, 15) is 0 Å². The molecule has 1 aromatic heterocycles. The number of nitrogens with zero attached hydrogens (tertiary/aromatic N) is 1. The average molecular weight is 778 g/mol. The third-order valence-corrected chi connectivity index (χ3v) is 12.7. The van der Waals surface area contributed by atoms with Crippen molar-refractivity contribution in [2.45, 2.75) is 5.41 Å². The molecule has 1 aliphatic rings. The predicted octanol–water partition coefficient (Wildman–Crippen LogP) is 15.9. The molecule has 1 heterocycles. The Hall–Kier alpha value is -7.94. The van der Waals surface area contributed by atoms with Crippen molar-refractivity contribution in [3.63, 3.8) is 0 Å². The van der Waals surface area contributed by atoms with Crippen molar-refractivity contribution in [1.29, 1.82) is 0 Å². The van der Waals surface area contributed by atoms with Gasteiger partial charge in [-0.25, -0.2) is 0 Å². The van der Waals surface area contributed by atoms with E-state index in [0.29, 0.717) is 0 Å². The molecule has 2 heteroatoms. The minimum absolute atomic E-state index is 0.523. The second-order valence-electron chi connectivity index (χ2n) is 16.0. The Morgan fingerprint density at radius 3 is 1.70 bits per heavy atom. The highest BCUT2D eigenvalue weighted by atomic mass is 16.3. The van der Waals surface area contributed by atoms with Gasteiger partial charge in [0.25, 0.3) is 0 Å². The highest BCUT2D eigenvalue weighted by Crippen LogP contribution is 2.57. The molecule has 0 amide bonds. The monoisotopic (exact) mass is 777 g/mol. The molecular formula is C59H39NO. The van der Waals surface area contributed by atoms with Crippen LogP contribution in [0.5, 0.6) is 0 Å². The van der Waals surface area contributed by atoms with Crippen molar-refractivity contribution < 1.29 is 4.42 Å². The van der Waals surface area contributed by atoms with Gasteiger partial charge in [-0.1, -0.05) is 182 Å². The SMILES string of the molecule is c1ccc(C2(c3ccccc3)c3ccccc3-c3ccc(N(c4cccc(-c5cccc(-c6cccc7ccccc67)c5)c4)c4ccc5oc6ccccc6c5c4)cc32)cc1. The molecule has 0 atom stereocenters. The molecule has 0 aliphatic heterocycles. The van der Waals surface area contributed by atoms with Crippen molar-refractivity contribution in [3.05, 3.63) is 259 Å². The number of hydrogen-bond donors (Lipinski definition) is 0. The van der Waals surface area contributed by atoms with Crippen LogP contribution in [0, 0.1) is 0 Å². The van der Waals surface area contributed by atoms with Crippen LogP contribution in [0.1, 0.15) is 22.3 Å². The minimum atomic E-state index is -0.523. The molecule has 10 aromatic carbocycles. The van der Waals surface area contributed by atoms with E-state index in [4.69, 9.17) is 4.42 Å². The molecular weight excluding hydrogens is 739 g/mol. The maximum Gasteiger partial charge on any atom is 0.135 e. The summed E-state index contributed by atoms with van der Waals surface area (Å²) in [4.78, 5) is 2.42. The molecule has 0 saturated carbocycles. The zero-order valence-electron chi connectivity index (χ0n) is 33.4. The van der Waals surface area contributed by atoms with Crippen LogP contribution >= 0.6 is 0 Å². The lowest BCUT2D eigenvalue weighted by atomic mass is 9.67. The number of anilines is 3. The summed E-state index contributed by atoms with van der Waals surface area (Å²) < 4.78 is 6.35. The summed E-state index contributed by atoms with van der Waals surface area (Å²) in [5, 5.41) is 4.69. The van der Waals surface area contributed by atoms with Gasteiger partial charge in [0, 0.05) is 27.8 Å². The molecule has 0 N–H and O–H groups in total. The smallest absolute Gasteiger partial charge is 0.135 e. The van der Waals surface area contributed by atoms with Crippen molar-refractivity contribution in [3.8, 4) is 33.4 Å². The van der Waals surface area contributed by atoms with Crippen molar-refractivity contribution in [1.82, 2.24) is 0 Å². The highest BCUT2D eigenvalue weighted by Gasteiger charge is 2.46. The summed E-state index contributed by atoms with van der Waals surface area (Å²) in [6, 6.07) is 86.2. The number of fused-ring (bicyclic) bond motifs is 7. The van der Waals surface area contributed by atoms with Crippen LogP contribution in [0.2, 0.25) is 0 Å². The standard InChI is InChI=1S/C59H39NO/c1-3-21-44(22-4-1)59(45-23-5-2-6-24-45)55-30-11-9-27-51(55)52-34-32-48(39-56(52)59)60(47-33-35-58-54(38-47)53-28-10-12-31-57(53)61-58)46-25-14-19-42(37-46)41-18-13-20-43(36-41)50-29-15-17-40-16-7-8-26-49(40)50/h1-39H. The lowest BCUT2D eigenvalue weighted by molar-refractivity contribution is 0.669. The van der Waals surface area contributed by atoms with E-state index in [2.05, 4.69) is 229 Å². The minimum Gasteiger partial charge on any atom is -0.456 e. The van der Waals surface area contributed by atoms with Crippen LogP contribution in [0.15, 0.2) is 241 Å². The summed E-state index contributed by atoms with van der Waals surface area (Å²) in [5.41, 5.74) is 16.8. The van der Waals surface area contributed by atoms with E-state index >= 15 is 0 Å². The first-order valence-electron chi connectivity index (χ1n) is 21.0. The summed E-state index contributed by atoms with van der Waals surface area (Å²) in [5.74, 6) is 0. The van der Waals surface area contributed by atoms with E-state index in [1.807, 2.05) is 12.1 Å². The number of para-hydroxylation sites is 1. The number of rotatable bonds is 7. The van der Waals surface area contributed by atoms with E-state index in [1.165, 1.54) is 60.8 Å². The molecule has 0 saturated heterocycles. The molecule has 0 unspecified atom stereocenters. The Bertz CT molecular complexity index is 3390. The van der Waals surface area contributed by atoms with Gasteiger partial charge in [0.15, 0.2) is 0 Å². The van der Waals surface area contributed by atoms with E-state index in [-0.39, 0.29) is 0 Å². The summed E-state index contributed by atoms with van der Waals surface area (Å²) >= 11 is 0. The molecule has 0 fully saturated rings. The van der Waals surface area contributed by atoms with E-state index in [1.54, 1.807) is 0 Å².